The number of carbonyl (C=O) groups excluding carboxylic acids is 2. The summed E-state index contributed by atoms with van der Waals surface area (Å²) in [5.41, 5.74) is 0. The molecule has 1 saturated heterocycles. The molecule has 5 nitrogen and oxygen atoms in total. The number of amides is 2. The first-order valence-electron chi connectivity index (χ1n) is 7.45. The van der Waals surface area contributed by atoms with Gasteiger partial charge in [-0.05, 0) is 32.7 Å². The molecule has 0 aromatic heterocycles. The van der Waals surface area contributed by atoms with Crippen molar-refractivity contribution in [2.24, 2.45) is 5.92 Å². The highest BCUT2D eigenvalue weighted by atomic mass is 35.5. The Morgan fingerprint density at radius 2 is 1.95 bits per heavy atom. The summed E-state index contributed by atoms with van der Waals surface area (Å²) in [4.78, 5) is 23.8. The second-order valence-electron chi connectivity index (χ2n) is 5.85. The molecule has 2 atom stereocenters. The number of nitrogens with one attached hydrogen (secondary N) is 3. The molecule has 0 bridgehead atoms. The van der Waals surface area contributed by atoms with Crippen LogP contribution in [-0.2, 0) is 9.59 Å². The van der Waals surface area contributed by atoms with E-state index in [4.69, 9.17) is 0 Å². The van der Waals surface area contributed by atoms with Gasteiger partial charge in [0, 0.05) is 31.0 Å². The first-order chi connectivity index (χ1) is 9.15. The Labute approximate surface area is 127 Å². The molecule has 2 fully saturated rings. The average Bonchev–Trinajstić information content (AvgIpc) is 3.00. The normalized spacial score (nSPS) is 23.9. The fraction of sp³-hybridized carbons (Fsp3) is 0.857. The quantitative estimate of drug-likeness (QED) is 0.709. The number of hydrogen-bond acceptors (Lipinski definition) is 3. The Morgan fingerprint density at radius 3 is 2.55 bits per heavy atom. The van der Waals surface area contributed by atoms with Crippen LogP contribution in [0.15, 0.2) is 0 Å². The predicted molar refractivity (Wildman–Crippen MR) is 80.8 cm³/mol. The van der Waals surface area contributed by atoms with E-state index in [0.29, 0.717) is 6.42 Å². The summed E-state index contributed by atoms with van der Waals surface area (Å²) in [7, 11) is 0. The van der Waals surface area contributed by atoms with Gasteiger partial charge >= 0.3 is 0 Å². The standard InChI is InChI=1S/C14H25N3O2.ClH/c1-10(16-14(19)11-4-2-3-5-11)8-13(18)17-12-6-7-15-9-12;/h10-12,15H,2-9H2,1H3,(H,16,19)(H,17,18);1H. The molecular formula is C14H26ClN3O2. The Balaban J connectivity index is 0.00000200. The zero-order valence-electron chi connectivity index (χ0n) is 12.1. The Bertz CT molecular complexity index is 326. The van der Waals surface area contributed by atoms with Crippen molar-refractivity contribution in [1.29, 1.82) is 0 Å². The van der Waals surface area contributed by atoms with E-state index in [1.165, 1.54) is 0 Å². The summed E-state index contributed by atoms with van der Waals surface area (Å²) in [6, 6.07) is 0.174. The van der Waals surface area contributed by atoms with Crippen molar-refractivity contribution in [2.75, 3.05) is 13.1 Å². The summed E-state index contributed by atoms with van der Waals surface area (Å²) < 4.78 is 0. The van der Waals surface area contributed by atoms with E-state index in [-0.39, 0.29) is 42.2 Å². The molecule has 2 amide bonds. The highest BCUT2D eigenvalue weighted by Gasteiger charge is 2.24. The zero-order valence-corrected chi connectivity index (χ0v) is 12.9. The molecule has 6 heteroatoms. The molecule has 3 N–H and O–H groups in total. The average molecular weight is 304 g/mol. The summed E-state index contributed by atoms with van der Waals surface area (Å²) in [6.07, 6.45) is 5.67. The van der Waals surface area contributed by atoms with E-state index >= 15 is 0 Å². The molecule has 116 valence electrons. The maximum atomic E-state index is 11.9. The lowest BCUT2D eigenvalue weighted by atomic mass is 10.1. The molecule has 0 radical (unpaired) electrons. The second kappa shape index (κ2) is 8.47. The molecule has 0 aromatic rings. The molecule has 1 aliphatic heterocycles. The van der Waals surface area contributed by atoms with Crippen LogP contribution >= 0.6 is 12.4 Å². The monoisotopic (exact) mass is 303 g/mol. The van der Waals surface area contributed by atoms with Gasteiger partial charge in [-0.1, -0.05) is 12.8 Å². The Morgan fingerprint density at radius 1 is 1.25 bits per heavy atom. The van der Waals surface area contributed by atoms with Crippen LogP contribution in [0.25, 0.3) is 0 Å². The highest BCUT2D eigenvalue weighted by molar-refractivity contribution is 5.85. The molecule has 0 spiro atoms. The second-order valence-corrected chi connectivity index (χ2v) is 5.85. The maximum Gasteiger partial charge on any atom is 0.223 e. The largest absolute Gasteiger partial charge is 0.353 e. The van der Waals surface area contributed by atoms with Crippen LogP contribution in [0.1, 0.15) is 45.4 Å². The van der Waals surface area contributed by atoms with Gasteiger partial charge in [0.25, 0.3) is 0 Å². The Hall–Kier alpha value is -0.810. The van der Waals surface area contributed by atoms with E-state index < -0.39 is 0 Å². The van der Waals surface area contributed by atoms with Gasteiger partial charge in [0.2, 0.25) is 11.8 Å². The van der Waals surface area contributed by atoms with Crippen LogP contribution in [0.2, 0.25) is 0 Å². The lowest BCUT2D eigenvalue weighted by molar-refractivity contribution is -0.126. The van der Waals surface area contributed by atoms with E-state index in [1.54, 1.807) is 0 Å². The summed E-state index contributed by atoms with van der Waals surface area (Å²) >= 11 is 0. The molecule has 2 aliphatic rings. The SMILES string of the molecule is CC(CC(=O)NC1CCNC1)NC(=O)C1CCCC1.Cl. The first kappa shape index (κ1) is 17.2. The van der Waals surface area contributed by atoms with Gasteiger partial charge < -0.3 is 16.0 Å². The van der Waals surface area contributed by atoms with E-state index in [1.807, 2.05) is 6.92 Å². The number of carbonyl (C=O) groups is 2. The van der Waals surface area contributed by atoms with Crippen molar-refractivity contribution >= 4 is 24.2 Å². The van der Waals surface area contributed by atoms with E-state index in [0.717, 1.165) is 45.2 Å². The molecular weight excluding hydrogens is 278 g/mol. The minimum atomic E-state index is -0.0811. The predicted octanol–water partition coefficient (Wildman–Crippen LogP) is 0.971. The van der Waals surface area contributed by atoms with Crippen LogP contribution in [0, 0.1) is 5.92 Å². The van der Waals surface area contributed by atoms with Crippen LogP contribution in [0.5, 0.6) is 0 Å². The Kier molecular flexibility index (Phi) is 7.30. The minimum Gasteiger partial charge on any atom is -0.353 e. The van der Waals surface area contributed by atoms with E-state index in [9.17, 15) is 9.59 Å². The van der Waals surface area contributed by atoms with Crippen LogP contribution < -0.4 is 16.0 Å². The topological polar surface area (TPSA) is 70.2 Å². The van der Waals surface area contributed by atoms with Crippen LogP contribution in [0.3, 0.4) is 0 Å². The number of hydrogen-bond donors (Lipinski definition) is 3. The van der Waals surface area contributed by atoms with Gasteiger partial charge in [-0.15, -0.1) is 12.4 Å². The van der Waals surface area contributed by atoms with Gasteiger partial charge in [0.15, 0.2) is 0 Å². The maximum absolute atomic E-state index is 11.9. The van der Waals surface area contributed by atoms with Crippen LogP contribution in [0.4, 0.5) is 0 Å². The molecule has 0 aromatic carbocycles. The molecule has 20 heavy (non-hydrogen) atoms. The zero-order chi connectivity index (χ0) is 13.7. The summed E-state index contributed by atoms with van der Waals surface area (Å²) in [5, 5.41) is 9.18. The van der Waals surface area contributed by atoms with Gasteiger partial charge in [-0.2, -0.15) is 0 Å². The van der Waals surface area contributed by atoms with Crippen molar-refractivity contribution < 1.29 is 9.59 Å². The minimum absolute atomic E-state index is 0. The molecule has 2 unspecified atom stereocenters. The fourth-order valence-corrected chi connectivity index (χ4v) is 2.94. The molecule has 1 heterocycles. The van der Waals surface area contributed by atoms with Gasteiger partial charge in [-0.25, -0.2) is 0 Å². The number of halogens is 1. The first-order valence-corrected chi connectivity index (χ1v) is 7.45. The third-order valence-electron chi connectivity index (χ3n) is 4.03. The summed E-state index contributed by atoms with van der Waals surface area (Å²) in [6.45, 7) is 3.73. The highest BCUT2D eigenvalue weighted by Crippen LogP contribution is 2.24. The fourth-order valence-electron chi connectivity index (χ4n) is 2.94. The van der Waals surface area contributed by atoms with Crippen molar-refractivity contribution in [2.45, 2.75) is 57.5 Å². The summed E-state index contributed by atoms with van der Waals surface area (Å²) in [5.74, 6) is 0.331. The van der Waals surface area contributed by atoms with Crippen molar-refractivity contribution in [3.63, 3.8) is 0 Å². The van der Waals surface area contributed by atoms with Crippen molar-refractivity contribution in [3.8, 4) is 0 Å². The van der Waals surface area contributed by atoms with E-state index in [2.05, 4.69) is 16.0 Å². The molecule has 1 saturated carbocycles. The van der Waals surface area contributed by atoms with Crippen LogP contribution in [-0.4, -0.2) is 37.0 Å². The molecule has 1 aliphatic carbocycles. The van der Waals surface area contributed by atoms with Gasteiger partial charge in [0.05, 0.1) is 0 Å². The van der Waals surface area contributed by atoms with Crippen molar-refractivity contribution in [3.05, 3.63) is 0 Å². The van der Waals surface area contributed by atoms with Gasteiger partial charge in [-0.3, -0.25) is 9.59 Å². The van der Waals surface area contributed by atoms with Crippen molar-refractivity contribution in [1.82, 2.24) is 16.0 Å². The smallest absolute Gasteiger partial charge is 0.223 e. The van der Waals surface area contributed by atoms with Gasteiger partial charge in [0.1, 0.15) is 0 Å². The lowest BCUT2D eigenvalue weighted by Crippen LogP contribution is -2.42. The third kappa shape index (κ3) is 5.29. The third-order valence-corrected chi connectivity index (χ3v) is 4.03. The lowest BCUT2D eigenvalue weighted by Gasteiger charge is -2.18. The number of rotatable bonds is 5. The molecule has 2 rings (SSSR count).